The van der Waals surface area contributed by atoms with Gasteiger partial charge in [-0.3, -0.25) is 9.59 Å². The van der Waals surface area contributed by atoms with Crippen LogP contribution in [0, 0.1) is 17.8 Å². The van der Waals surface area contributed by atoms with Gasteiger partial charge in [0.1, 0.15) is 5.78 Å². The third-order valence-corrected chi connectivity index (χ3v) is 4.28. The SMILES string of the molecule is CC1CC(=O)[C@@H](C)[C@@H](C)C12CC(=O)N2. The molecule has 14 heavy (non-hydrogen) atoms. The van der Waals surface area contributed by atoms with Gasteiger partial charge in [0.05, 0.1) is 12.0 Å². The van der Waals surface area contributed by atoms with E-state index in [1.54, 1.807) is 0 Å². The first kappa shape index (κ1) is 9.69. The molecule has 1 saturated carbocycles. The highest BCUT2D eigenvalue weighted by Gasteiger charge is 2.56. The topological polar surface area (TPSA) is 46.2 Å². The molecule has 1 N–H and O–H groups in total. The molecule has 0 aromatic carbocycles. The van der Waals surface area contributed by atoms with Gasteiger partial charge in [-0.15, -0.1) is 0 Å². The Morgan fingerprint density at radius 3 is 2.36 bits per heavy atom. The van der Waals surface area contributed by atoms with E-state index in [9.17, 15) is 9.59 Å². The quantitative estimate of drug-likeness (QED) is 0.589. The molecule has 4 atom stereocenters. The minimum atomic E-state index is -0.0790. The molecule has 0 radical (unpaired) electrons. The molecule has 2 aliphatic rings. The standard InChI is InChI=1S/C11H17NO2/c1-6-4-9(13)7(2)8(3)11(6)5-10(14)12-11/h6-8H,4-5H2,1-3H3,(H,12,14)/t6?,7-,8+,11?/m0/s1. The van der Waals surface area contributed by atoms with Crippen LogP contribution >= 0.6 is 0 Å². The minimum Gasteiger partial charge on any atom is -0.349 e. The van der Waals surface area contributed by atoms with Crippen molar-refractivity contribution in [2.45, 2.75) is 39.2 Å². The molecule has 1 heterocycles. The number of amides is 1. The first-order valence-electron chi connectivity index (χ1n) is 5.31. The normalized spacial score (nSPS) is 47.5. The molecule has 1 saturated heterocycles. The lowest BCUT2D eigenvalue weighted by molar-refractivity contribution is -0.149. The van der Waals surface area contributed by atoms with E-state index in [2.05, 4.69) is 19.2 Å². The zero-order valence-corrected chi connectivity index (χ0v) is 8.96. The van der Waals surface area contributed by atoms with E-state index in [0.717, 1.165) is 0 Å². The predicted molar refractivity (Wildman–Crippen MR) is 52.6 cm³/mol. The summed E-state index contributed by atoms with van der Waals surface area (Å²) in [5.41, 5.74) is -0.0790. The first-order chi connectivity index (χ1) is 6.47. The maximum Gasteiger partial charge on any atom is 0.222 e. The van der Waals surface area contributed by atoms with Crippen molar-refractivity contribution in [3.63, 3.8) is 0 Å². The van der Waals surface area contributed by atoms with Crippen LogP contribution in [0.3, 0.4) is 0 Å². The molecular formula is C11H17NO2. The number of rotatable bonds is 0. The Morgan fingerprint density at radius 1 is 1.29 bits per heavy atom. The lowest BCUT2D eigenvalue weighted by atomic mass is 9.58. The van der Waals surface area contributed by atoms with Crippen molar-refractivity contribution in [1.82, 2.24) is 5.32 Å². The summed E-state index contributed by atoms with van der Waals surface area (Å²) in [6, 6.07) is 0. The molecule has 3 heteroatoms. The first-order valence-corrected chi connectivity index (χ1v) is 5.31. The molecule has 1 amide bonds. The van der Waals surface area contributed by atoms with Gasteiger partial charge in [0.15, 0.2) is 0 Å². The maximum absolute atomic E-state index is 11.6. The Balaban J connectivity index is 2.24. The summed E-state index contributed by atoms with van der Waals surface area (Å²) < 4.78 is 0. The van der Waals surface area contributed by atoms with Crippen LogP contribution in [0.5, 0.6) is 0 Å². The van der Waals surface area contributed by atoms with E-state index < -0.39 is 0 Å². The van der Waals surface area contributed by atoms with Crippen LogP contribution < -0.4 is 5.32 Å². The summed E-state index contributed by atoms with van der Waals surface area (Å²) >= 11 is 0. The number of β-lactam (4-membered cyclic amide) rings is 1. The third-order valence-electron chi connectivity index (χ3n) is 4.28. The monoisotopic (exact) mass is 195 g/mol. The van der Waals surface area contributed by atoms with Crippen molar-refractivity contribution in [2.24, 2.45) is 17.8 Å². The Labute approximate surface area is 84.2 Å². The van der Waals surface area contributed by atoms with Crippen molar-refractivity contribution >= 4 is 11.7 Å². The van der Waals surface area contributed by atoms with Crippen molar-refractivity contribution in [3.05, 3.63) is 0 Å². The molecule has 0 aromatic heterocycles. The summed E-state index contributed by atoms with van der Waals surface area (Å²) in [5.74, 6) is 1.13. The number of hydrogen-bond donors (Lipinski definition) is 1. The largest absolute Gasteiger partial charge is 0.349 e. The van der Waals surface area contributed by atoms with Gasteiger partial charge in [-0.2, -0.15) is 0 Å². The Hall–Kier alpha value is -0.860. The van der Waals surface area contributed by atoms with Gasteiger partial charge in [-0.05, 0) is 11.8 Å². The number of carbonyl (C=O) groups excluding carboxylic acids is 2. The van der Waals surface area contributed by atoms with Crippen molar-refractivity contribution in [1.29, 1.82) is 0 Å². The summed E-state index contributed by atoms with van der Waals surface area (Å²) in [7, 11) is 0. The van der Waals surface area contributed by atoms with Crippen molar-refractivity contribution < 1.29 is 9.59 Å². The smallest absolute Gasteiger partial charge is 0.222 e. The van der Waals surface area contributed by atoms with Crippen LogP contribution in [0.2, 0.25) is 0 Å². The minimum absolute atomic E-state index is 0.0790. The van der Waals surface area contributed by atoms with E-state index in [-0.39, 0.29) is 23.3 Å². The van der Waals surface area contributed by atoms with E-state index in [1.165, 1.54) is 0 Å². The fourth-order valence-electron chi connectivity index (χ4n) is 2.92. The van der Waals surface area contributed by atoms with Crippen LogP contribution in [0.1, 0.15) is 33.6 Å². The van der Waals surface area contributed by atoms with E-state index >= 15 is 0 Å². The molecule has 78 valence electrons. The summed E-state index contributed by atoms with van der Waals surface area (Å²) in [5, 5.41) is 3.02. The lowest BCUT2D eigenvalue weighted by Gasteiger charge is -2.55. The van der Waals surface area contributed by atoms with Gasteiger partial charge in [0, 0.05) is 12.3 Å². The fraction of sp³-hybridized carbons (Fsp3) is 0.818. The van der Waals surface area contributed by atoms with Crippen LogP contribution in [-0.2, 0) is 9.59 Å². The molecule has 2 unspecified atom stereocenters. The fourth-order valence-corrected chi connectivity index (χ4v) is 2.92. The van der Waals surface area contributed by atoms with Gasteiger partial charge in [0.25, 0.3) is 0 Å². The Morgan fingerprint density at radius 2 is 1.86 bits per heavy atom. The van der Waals surface area contributed by atoms with Crippen LogP contribution in [-0.4, -0.2) is 17.2 Å². The van der Waals surface area contributed by atoms with E-state index in [4.69, 9.17) is 0 Å². The Bertz CT molecular complexity index is 290. The second-order valence-electron chi connectivity index (χ2n) is 4.91. The number of hydrogen-bond acceptors (Lipinski definition) is 2. The second kappa shape index (κ2) is 2.81. The lowest BCUT2D eigenvalue weighted by Crippen LogP contribution is -2.71. The highest BCUT2D eigenvalue weighted by Crippen LogP contribution is 2.45. The van der Waals surface area contributed by atoms with E-state index in [1.807, 2.05) is 6.92 Å². The molecule has 1 aliphatic carbocycles. The zero-order valence-electron chi connectivity index (χ0n) is 8.96. The van der Waals surface area contributed by atoms with Gasteiger partial charge in [0.2, 0.25) is 5.91 Å². The van der Waals surface area contributed by atoms with Crippen molar-refractivity contribution in [3.8, 4) is 0 Å². The van der Waals surface area contributed by atoms with Gasteiger partial charge in [-0.1, -0.05) is 20.8 Å². The van der Waals surface area contributed by atoms with Crippen LogP contribution in [0.4, 0.5) is 0 Å². The zero-order chi connectivity index (χ0) is 10.5. The molecule has 2 fully saturated rings. The molecule has 3 nitrogen and oxygen atoms in total. The van der Waals surface area contributed by atoms with Gasteiger partial charge in [-0.25, -0.2) is 0 Å². The van der Waals surface area contributed by atoms with E-state index in [0.29, 0.717) is 24.5 Å². The molecule has 2 rings (SSSR count). The summed E-state index contributed by atoms with van der Waals surface area (Å²) in [4.78, 5) is 22.7. The maximum atomic E-state index is 11.6. The second-order valence-corrected chi connectivity index (χ2v) is 4.91. The van der Waals surface area contributed by atoms with Crippen molar-refractivity contribution in [2.75, 3.05) is 0 Å². The van der Waals surface area contributed by atoms with Crippen LogP contribution in [0.15, 0.2) is 0 Å². The van der Waals surface area contributed by atoms with Gasteiger partial charge < -0.3 is 5.32 Å². The summed E-state index contributed by atoms with van der Waals surface area (Å²) in [6.45, 7) is 6.13. The summed E-state index contributed by atoms with van der Waals surface area (Å²) in [6.07, 6.45) is 1.22. The number of Topliss-reactive ketones (excluding diaryl/α,β-unsaturated/α-hetero) is 1. The average Bonchev–Trinajstić information content (AvgIpc) is 2.07. The molecule has 0 bridgehead atoms. The van der Waals surface area contributed by atoms with Gasteiger partial charge >= 0.3 is 0 Å². The molecular weight excluding hydrogens is 178 g/mol. The Kier molecular flexibility index (Phi) is 1.95. The molecule has 0 aromatic rings. The van der Waals surface area contributed by atoms with Crippen LogP contribution in [0.25, 0.3) is 0 Å². The highest BCUT2D eigenvalue weighted by atomic mass is 16.2. The average molecular weight is 195 g/mol. The highest BCUT2D eigenvalue weighted by molar-refractivity contribution is 5.89. The number of ketones is 1. The number of nitrogens with one attached hydrogen (secondary N) is 1. The number of carbonyl (C=O) groups is 2. The third kappa shape index (κ3) is 1.04. The molecule has 1 spiro atoms. The molecule has 1 aliphatic heterocycles. The predicted octanol–water partition coefficient (Wildman–Crippen LogP) is 1.13.